The normalized spacial score (nSPS) is 11.8. The van der Waals surface area contributed by atoms with E-state index in [1.54, 1.807) is 0 Å². The Balaban J connectivity index is 3.81. The average Bonchev–Trinajstić information content (AvgIpc) is 1.82. The minimum absolute atomic E-state index is 0.133. The summed E-state index contributed by atoms with van der Waals surface area (Å²) in [6.07, 6.45) is 1.41. The third-order valence-corrected chi connectivity index (χ3v) is 0.914. The largest absolute Gasteiger partial charge is 0.384 e. The molecule has 10 heavy (non-hydrogen) atoms. The zero-order valence-electron chi connectivity index (χ0n) is 6.42. The molecule has 0 unspecified atom stereocenters. The molecule has 0 rings (SSSR count). The van der Waals surface area contributed by atoms with Gasteiger partial charge in [0, 0.05) is 13.0 Å². The molecule has 0 heterocycles. The molecular formula is C6H12N2O2. The summed E-state index contributed by atoms with van der Waals surface area (Å²) in [5, 5.41) is 12.8. The molecule has 0 atom stereocenters. The molecule has 0 aromatic carbocycles. The van der Waals surface area contributed by atoms with E-state index in [-0.39, 0.29) is 11.7 Å². The summed E-state index contributed by atoms with van der Waals surface area (Å²) < 4.78 is 0. The van der Waals surface area contributed by atoms with E-state index in [0.29, 0.717) is 0 Å². The number of allylic oxidation sites excluding steroid dienone is 1. The maximum atomic E-state index is 10.0. The van der Waals surface area contributed by atoms with Gasteiger partial charge in [0.1, 0.15) is 0 Å². The van der Waals surface area contributed by atoms with Crippen LogP contribution in [0.25, 0.3) is 0 Å². The minimum Gasteiger partial charge on any atom is -0.384 e. The van der Waals surface area contributed by atoms with Crippen LogP contribution in [0.3, 0.4) is 0 Å². The molecule has 0 aromatic rings. The minimum atomic E-state index is -0.421. The quantitative estimate of drug-likeness (QED) is 0.477. The predicted molar refractivity (Wildman–Crippen MR) is 39.0 cm³/mol. The molecule has 1 N–H and O–H groups in total. The lowest BCUT2D eigenvalue weighted by atomic mass is 10.4. The average molecular weight is 144 g/mol. The summed E-state index contributed by atoms with van der Waals surface area (Å²) in [5.41, 5.74) is 0.133. The van der Waals surface area contributed by atoms with Crippen LogP contribution in [0, 0.1) is 10.1 Å². The van der Waals surface area contributed by atoms with Gasteiger partial charge >= 0.3 is 0 Å². The van der Waals surface area contributed by atoms with Crippen molar-refractivity contribution >= 4 is 0 Å². The molecule has 0 amide bonds. The van der Waals surface area contributed by atoms with Gasteiger partial charge in [0.2, 0.25) is 0 Å². The first kappa shape index (κ1) is 8.94. The maximum Gasteiger partial charge on any atom is 0.258 e. The maximum absolute atomic E-state index is 10.0. The van der Waals surface area contributed by atoms with Crippen LogP contribution in [-0.4, -0.2) is 11.0 Å². The summed E-state index contributed by atoms with van der Waals surface area (Å²) in [6.45, 7) is 5.29. The standard InChI is InChI=1S/C6H12N2O2/c1-5(2)7-4-6(3)8(9)10/h4-5,7H,1-3H3/b6-4-. The second kappa shape index (κ2) is 3.87. The third-order valence-electron chi connectivity index (χ3n) is 0.914. The predicted octanol–water partition coefficient (Wildman–Crippen LogP) is 1.12. The van der Waals surface area contributed by atoms with Crippen LogP contribution in [0.5, 0.6) is 0 Å². The highest BCUT2D eigenvalue weighted by Crippen LogP contribution is 1.90. The van der Waals surface area contributed by atoms with Gasteiger partial charge in [-0.15, -0.1) is 0 Å². The lowest BCUT2D eigenvalue weighted by Gasteiger charge is -2.01. The molecule has 4 nitrogen and oxygen atoms in total. The van der Waals surface area contributed by atoms with E-state index in [4.69, 9.17) is 0 Å². The van der Waals surface area contributed by atoms with Gasteiger partial charge in [0.15, 0.2) is 0 Å². The van der Waals surface area contributed by atoms with Gasteiger partial charge in [-0.1, -0.05) is 0 Å². The Morgan fingerprint density at radius 2 is 2.20 bits per heavy atom. The fourth-order valence-corrected chi connectivity index (χ4v) is 0.340. The number of nitrogens with zero attached hydrogens (tertiary/aromatic N) is 1. The number of rotatable bonds is 3. The Hall–Kier alpha value is -1.06. The highest BCUT2D eigenvalue weighted by molar-refractivity contribution is 4.85. The molecule has 58 valence electrons. The van der Waals surface area contributed by atoms with Crippen LogP contribution in [0.2, 0.25) is 0 Å². The molecule has 0 aliphatic rings. The third kappa shape index (κ3) is 3.88. The summed E-state index contributed by atoms with van der Waals surface area (Å²) in [7, 11) is 0. The van der Waals surface area contributed by atoms with Gasteiger partial charge in [-0.05, 0) is 13.8 Å². The van der Waals surface area contributed by atoms with Crippen LogP contribution in [0.1, 0.15) is 20.8 Å². The molecule has 0 saturated carbocycles. The van der Waals surface area contributed by atoms with Crippen molar-refractivity contribution in [2.45, 2.75) is 26.8 Å². The van der Waals surface area contributed by atoms with E-state index in [1.807, 2.05) is 13.8 Å². The van der Waals surface area contributed by atoms with E-state index >= 15 is 0 Å². The number of nitro groups is 1. The van der Waals surface area contributed by atoms with Crippen molar-refractivity contribution in [3.8, 4) is 0 Å². The second-order valence-electron chi connectivity index (χ2n) is 2.36. The van der Waals surface area contributed by atoms with Crippen molar-refractivity contribution in [2.75, 3.05) is 0 Å². The zero-order valence-corrected chi connectivity index (χ0v) is 6.42. The van der Waals surface area contributed by atoms with Crippen LogP contribution in [-0.2, 0) is 0 Å². The summed E-state index contributed by atoms with van der Waals surface area (Å²) in [4.78, 5) is 9.59. The molecule has 0 fully saturated rings. The number of nitrogens with one attached hydrogen (secondary N) is 1. The van der Waals surface area contributed by atoms with Crippen LogP contribution >= 0.6 is 0 Å². The molecule has 0 spiro atoms. The lowest BCUT2D eigenvalue weighted by molar-refractivity contribution is -0.424. The van der Waals surface area contributed by atoms with Gasteiger partial charge in [0.25, 0.3) is 5.70 Å². The zero-order chi connectivity index (χ0) is 8.15. The first-order valence-electron chi connectivity index (χ1n) is 3.11. The van der Waals surface area contributed by atoms with Gasteiger partial charge in [-0.2, -0.15) is 0 Å². The van der Waals surface area contributed by atoms with E-state index in [9.17, 15) is 10.1 Å². The Morgan fingerprint density at radius 1 is 1.70 bits per heavy atom. The topological polar surface area (TPSA) is 55.2 Å². The Bertz CT molecular complexity index is 152. The highest BCUT2D eigenvalue weighted by Gasteiger charge is 1.99. The number of hydrogen-bond acceptors (Lipinski definition) is 3. The Kier molecular flexibility index (Phi) is 3.46. The molecule has 0 aliphatic heterocycles. The summed E-state index contributed by atoms with van der Waals surface area (Å²) in [5.74, 6) is 0. The molecular weight excluding hydrogens is 132 g/mol. The van der Waals surface area contributed by atoms with Crippen molar-refractivity contribution in [1.82, 2.24) is 5.32 Å². The molecule has 0 saturated heterocycles. The van der Waals surface area contributed by atoms with Crippen molar-refractivity contribution in [3.05, 3.63) is 22.0 Å². The van der Waals surface area contributed by atoms with Crippen LogP contribution < -0.4 is 5.32 Å². The molecule has 0 aliphatic carbocycles. The Morgan fingerprint density at radius 3 is 2.50 bits per heavy atom. The number of hydrogen-bond donors (Lipinski definition) is 1. The van der Waals surface area contributed by atoms with Crippen molar-refractivity contribution < 1.29 is 4.92 Å². The molecule has 0 radical (unpaired) electrons. The van der Waals surface area contributed by atoms with Gasteiger partial charge in [-0.3, -0.25) is 10.1 Å². The Labute approximate surface area is 60.1 Å². The van der Waals surface area contributed by atoms with E-state index in [0.717, 1.165) is 0 Å². The van der Waals surface area contributed by atoms with Crippen LogP contribution in [0.15, 0.2) is 11.9 Å². The van der Waals surface area contributed by atoms with E-state index in [1.165, 1.54) is 13.1 Å². The molecule has 4 heteroatoms. The van der Waals surface area contributed by atoms with Crippen LogP contribution in [0.4, 0.5) is 0 Å². The van der Waals surface area contributed by atoms with Gasteiger partial charge in [-0.25, -0.2) is 0 Å². The van der Waals surface area contributed by atoms with Crippen molar-refractivity contribution in [3.63, 3.8) is 0 Å². The SMILES string of the molecule is C/C(=C/NC(C)C)[N+](=O)[O-]. The van der Waals surface area contributed by atoms with Crippen molar-refractivity contribution in [2.24, 2.45) is 0 Å². The smallest absolute Gasteiger partial charge is 0.258 e. The first-order chi connectivity index (χ1) is 4.54. The molecule has 0 aromatic heterocycles. The van der Waals surface area contributed by atoms with E-state index in [2.05, 4.69) is 5.32 Å². The monoisotopic (exact) mass is 144 g/mol. The van der Waals surface area contributed by atoms with Gasteiger partial charge in [0.05, 0.1) is 11.1 Å². The second-order valence-corrected chi connectivity index (χ2v) is 2.36. The van der Waals surface area contributed by atoms with E-state index < -0.39 is 4.92 Å². The fraction of sp³-hybridized carbons (Fsp3) is 0.667. The van der Waals surface area contributed by atoms with Crippen molar-refractivity contribution in [1.29, 1.82) is 0 Å². The lowest BCUT2D eigenvalue weighted by Crippen LogP contribution is -2.17. The summed E-state index contributed by atoms with van der Waals surface area (Å²) >= 11 is 0. The summed E-state index contributed by atoms with van der Waals surface area (Å²) in [6, 6.07) is 0.245. The van der Waals surface area contributed by atoms with Gasteiger partial charge < -0.3 is 5.32 Å². The highest BCUT2D eigenvalue weighted by atomic mass is 16.6. The fourth-order valence-electron chi connectivity index (χ4n) is 0.340. The molecule has 0 bridgehead atoms. The first-order valence-corrected chi connectivity index (χ1v) is 3.11.